The van der Waals surface area contributed by atoms with Crippen LogP contribution in [0, 0.1) is 0 Å². The maximum Gasteiger partial charge on any atom is 0.252 e. The first-order valence-corrected chi connectivity index (χ1v) is 10.5. The molecule has 1 amide bonds. The molecule has 0 saturated carbocycles. The van der Waals surface area contributed by atoms with E-state index in [9.17, 15) is 4.79 Å². The number of hydrogen-bond acceptors (Lipinski definition) is 4. The molecule has 4 aromatic rings. The summed E-state index contributed by atoms with van der Waals surface area (Å²) in [4.78, 5) is 23.4. The van der Waals surface area contributed by atoms with Gasteiger partial charge in [0, 0.05) is 31.6 Å². The van der Waals surface area contributed by atoms with E-state index in [0.717, 1.165) is 28.7 Å². The van der Waals surface area contributed by atoms with Crippen molar-refractivity contribution in [2.45, 2.75) is 13.0 Å². The third-order valence-electron chi connectivity index (χ3n) is 4.43. The molecular weight excluding hydrogens is 439 g/mol. The highest BCUT2D eigenvalue weighted by atomic mass is 35.5. The summed E-state index contributed by atoms with van der Waals surface area (Å²) in [5, 5.41) is 1.25. The van der Waals surface area contributed by atoms with E-state index in [1.54, 1.807) is 23.5 Å². The second kappa shape index (κ2) is 10.4. The van der Waals surface area contributed by atoms with Crippen molar-refractivity contribution in [3.8, 4) is 0 Å². The van der Waals surface area contributed by atoms with Crippen LogP contribution in [0.4, 0.5) is 5.13 Å². The zero-order chi connectivity index (χ0) is 20.1. The number of fused-ring (bicyclic) bond motifs is 1. The number of rotatable bonds is 7. The summed E-state index contributed by atoms with van der Waals surface area (Å²) in [6.45, 7) is 1.32. The number of halogens is 2. The van der Waals surface area contributed by atoms with Crippen LogP contribution in [0.25, 0.3) is 16.3 Å². The van der Waals surface area contributed by atoms with Gasteiger partial charge in [-0.3, -0.25) is 9.69 Å². The lowest BCUT2D eigenvalue weighted by atomic mass is 10.2. The fraction of sp³-hybridized carbons (Fsp3) is 0.136. The minimum absolute atomic E-state index is 0. The van der Waals surface area contributed by atoms with Gasteiger partial charge in [-0.1, -0.05) is 59.3 Å². The average molecular weight is 459 g/mol. The van der Waals surface area contributed by atoms with Crippen LogP contribution in [-0.4, -0.2) is 27.0 Å². The second-order valence-electron chi connectivity index (χ2n) is 6.47. The lowest BCUT2D eigenvalue weighted by molar-refractivity contribution is -0.114. The van der Waals surface area contributed by atoms with E-state index in [4.69, 9.17) is 11.6 Å². The Balaban J connectivity index is 0.00000256. The van der Waals surface area contributed by atoms with Gasteiger partial charge in [-0.25, -0.2) is 9.97 Å². The molecule has 0 saturated heterocycles. The van der Waals surface area contributed by atoms with Crippen molar-refractivity contribution in [3.63, 3.8) is 0 Å². The number of aromatic nitrogens is 3. The maximum absolute atomic E-state index is 13.0. The van der Waals surface area contributed by atoms with Crippen LogP contribution in [0.3, 0.4) is 0 Å². The van der Waals surface area contributed by atoms with Crippen LogP contribution in [0.15, 0.2) is 73.3 Å². The topological polar surface area (TPSA) is 51.0 Å². The molecule has 154 valence electrons. The van der Waals surface area contributed by atoms with Gasteiger partial charge in [0.1, 0.15) is 5.52 Å². The summed E-state index contributed by atoms with van der Waals surface area (Å²) in [6, 6.07) is 15.4. The monoisotopic (exact) mass is 458 g/mol. The summed E-state index contributed by atoms with van der Waals surface area (Å²) in [7, 11) is 0. The van der Waals surface area contributed by atoms with E-state index in [2.05, 4.69) is 9.97 Å². The quantitative estimate of drug-likeness (QED) is 0.333. The van der Waals surface area contributed by atoms with E-state index in [-0.39, 0.29) is 18.3 Å². The number of carbonyl (C=O) groups is 1. The molecule has 0 fully saturated rings. The number of carbonyl (C=O) groups excluding carboxylic acids is 1. The fourth-order valence-corrected chi connectivity index (χ4v) is 4.27. The Morgan fingerprint density at radius 1 is 1.17 bits per heavy atom. The molecule has 0 spiro atoms. The SMILES string of the molecule is Cl.O=C(/C=C/c1ccccc1)N(CCCn1ccnc1)c1nc2c(Cl)cccc2s1. The van der Waals surface area contributed by atoms with Gasteiger partial charge in [0.15, 0.2) is 5.13 Å². The Morgan fingerprint density at radius 2 is 2.00 bits per heavy atom. The summed E-state index contributed by atoms with van der Waals surface area (Å²) < 4.78 is 2.96. The molecule has 0 aliphatic carbocycles. The lowest BCUT2D eigenvalue weighted by Crippen LogP contribution is -2.30. The molecule has 0 radical (unpaired) electrons. The molecular formula is C22H20Cl2N4OS. The predicted molar refractivity (Wildman–Crippen MR) is 127 cm³/mol. The molecule has 30 heavy (non-hydrogen) atoms. The van der Waals surface area contributed by atoms with Crippen molar-refractivity contribution in [2.75, 3.05) is 11.4 Å². The number of para-hydroxylation sites is 1. The normalized spacial score (nSPS) is 11.0. The molecule has 2 aromatic carbocycles. The van der Waals surface area contributed by atoms with E-state index in [1.807, 2.05) is 65.4 Å². The molecule has 5 nitrogen and oxygen atoms in total. The maximum atomic E-state index is 13.0. The number of hydrogen-bond donors (Lipinski definition) is 0. The van der Waals surface area contributed by atoms with E-state index in [1.165, 1.54) is 11.3 Å². The molecule has 8 heteroatoms. The molecule has 0 aliphatic rings. The molecule has 0 unspecified atom stereocenters. The van der Waals surface area contributed by atoms with Crippen molar-refractivity contribution in [3.05, 3.63) is 83.9 Å². The Labute approximate surface area is 190 Å². The minimum atomic E-state index is -0.102. The van der Waals surface area contributed by atoms with Crippen molar-refractivity contribution in [1.82, 2.24) is 14.5 Å². The van der Waals surface area contributed by atoms with Gasteiger partial charge in [0.2, 0.25) is 0 Å². The van der Waals surface area contributed by atoms with Crippen molar-refractivity contribution < 1.29 is 4.79 Å². The number of amides is 1. The van der Waals surface area contributed by atoms with Gasteiger partial charge in [0.05, 0.1) is 16.0 Å². The Hall–Kier alpha value is -2.67. The summed E-state index contributed by atoms with van der Waals surface area (Å²) in [6.07, 6.45) is 9.65. The first kappa shape index (κ1) is 22.0. The molecule has 0 aliphatic heterocycles. The zero-order valence-electron chi connectivity index (χ0n) is 16.0. The average Bonchev–Trinajstić information content (AvgIpc) is 3.41. The number of anilines is 1. The lowest BCUT2D eigenvalue weighted by Gasteiger charge is -2.18. The summed E-state index contributed by atoms with van der Waals surface area (Å²) in [5.41, 5.74) is 1.71. The number of benzene rings is 2. The van der Waals surface area contributed by atoms with Gasteiger partial charge in [0.25, 0.3) is 5.91 Å². The Kier molecular flexibility index (Phi) is 7.63. The summed E-state index contributed by atoms with van der Waals surface area (Å²) in [5.74, 6) is -0.102. The van der Waals surface area contributed by atoms with Gasteiger partial charge in [-0.05, 0) is 30.2 Å². The third kappa shape index (κ3) is 5.27. The first-order valence-electron chi connectivity index (χ1n) is 9.26. The number of imidazole rings is 1. The van der Waals surface area contributed by atoms with Crippen LogP contribution in [0.1, 0.15) is 12.0 Å². The molecule has 4 rings (SSSR count). The van der Waals surface area contributed by atoms with Crippen molar-refractivity contribution >= 4 is 62.7 Å². The molecule has 2 heterocycles. The van der Waals surface area contributed by atoms with Crippen LogP contribution >= 0.6 is 35.3 Å². The van der Waals surface area contributed by atoms with Gasteiger partial charge in [-0.2, -0.15) is 0 Å². The number of aryl methyl sites for hydroxylation is 1. The third-order valence-corrected chi connectivity index (χ3v) is 5.78. The van der Waals surface area contributed by atoms with E-state index >= 15 is 0 Å². The largest absolute Gasteiger partial charge is 0.337 e. The van der Waals surface area contributed by atoms with E-state index < -0.39 is 0 Å². The number of nitrogens with zero attached hydrogens (tertiary/aromatic N) is 4. The smallest absolute Gasteiger partial charge is 0.252 e. The van der Waals surface area contributed by atoms with Crippen LogP contribution in [-0.2, 0) is 11.3 Å². The van der Waals surface area contributed by atoms with Gasteiger partial charge < -0.3 is 4.57 Å². The second-order valence-corrected chi connectivity index (χ2v) is 7.89. The van der Waals surface area contributed by atoms with Crippen LogP contribution in [0.2, 0.25) is 5.02 Å². The van der Waals surface area contributed by atoms with Crippen LogP contribution < -0.4 is 4.90 Å². The number of thiazole rings is 1. The van der Waals surface area contributed by atoms with Crippen molar-refractivity contribution in [2.24, 2.45) is 0 Å². The standard InChI is InChI=1S/C22H19ClN4OS.ClH/c23-18-8-4-9-19-21(18)25-22(29-19)27(14-5-13-26-15-12-24-16-26)20(28)11-10-17-6-2-1-3-7-17;/h1-4,6-12,15-16H,5,13-14H2;1H/b11-10+;. The molecule has 0 atom stereocenters. The highest BCUT2D eigenvalue weighted by Gasteiger charge is 2.18. The predicted octanol–water partition coefficient (Wildman–Crippen LogP) is 5.70. The van der Waals surface area contributed by atoms with Crippen molar-refractivity contribution in [1.29, 1.82) is 0 Å². The summed E-state index contributed by atoms with van der Waals surface area (Å²) >= 11 is 7.76. The molecule has 0 N–H and O–H groups in total. The Bertz CT molecular complexity index is 1130. The highest BCUT2D eigenvalue weighted by Crippen LogP contribution is 2.33. The fourth-order valence-electron chi connectivity index (χ4n) is 2.97. The molecule has 0 bridgehead atoms. The Morgan fingerprint density at radius 3 is 2.73 bits per heavy atom. The van der Waals surface area contributed by atoms with E-state index in [0.29, 0.717) is 16.7 Å². The highest BCUT2D eigenvalue weighted by molar-refractivity contribution is 7.22. The van der Waals surface area contributed by atoms with Crippen LogP contribution in [0.5, 0.6) is 0 Å². The zero-order valence-corrected chi connectivity index (χ0v) is 18.4. The minimum Gasteiger partial charge on any atom is -0.337 e. The van der Waals surface area contributed by atoms with Gasteiger partial charge in [-0.15, -0.1) is 12.4 Å². The van der Waals surface area contributed by atoms with Gasteiger partial charge >= 0.3 is 0 Å². The first-order chi connectivity index (χ1) is 14.2. The molecule has 2 aromatic heterocycles.